The van der Waals surface area contributed by atoms with Crippen LogP contribution in [0.25, 0.3) is 0 Å². The number of nitrogens with zero attached hydrogens (tertiary/aromatic N) is 3. The first-order valence-electron chi connectivity index (χ1n) is 7.90. The van der Waals surface area contributed by atoms with Crippen molar-refractivity contribution in [3.63, 3.8) is 0 Å². The maximum Gasteiger partial charge on any atom is 0.320 e. The molecule has 2 N–H and O–H groups in total. The second kappa shape index (κ2) is 6.64. The average molecular weight is 347 g/mol. The van der Waals surface area contributed by atoms with Crippen LogP contribution in [0.4, 0.5) is 15.6 Å². The van der Waals surface area contributed by atoms with Gasteiger partial charge < -0.3 is 5.32 Å². The van der Waals surface area contributed by atoms with Crippen LogP contribution in [0.2, 0.25) is 0 Å². The molecule has 2 aromatic heterocycles. The van der Waals surface area contributed by atoms with Crippen LogP contribution in [0, 0.1) is 13.8 Å². The lowest BCUT2D eigenvalue weighted by molar-refractivity contribution is -0.121. The molecule has 0 bridgehead atoms. The Morgan fingerprint density at radius 2 is 2.17 bits per heavy atom. The van der Waals surface area contributed by atoms with Gasteiger partial charge in [-0.25, -0.2) is 4.79 Å². The second-order valence-electron chi connectivity index (χ2n) is 5.96. The van der Waals surface area contributed by atoms with Gasteiger partial charge in [-0.15, -0.1) is 11.3 Å². The molecule has 1 saturated heterocycles. The molecule has 3 heterocycles. The first-order chi connectivity index (χ1) is 11.4. The van der Waals surface area contributed by atoms with Crippen molar-refractivity contribution in [2.75, 3.05) is 16.8 Å². The molecule has 1 aliphatic rings. The number of carbonyl (C=O) groups is 2. The second-order valence-corrected chi connectivity index (χ2v) is 7.25. The SMILES string of the molecule is Cc1cc(N2CCCC(NC(=O)Nc3ccc(C)s3)C2=O)n(C)n1. The van der Waals surface area contributed by atoms with Gasteiger partial charge in [-0.05, 0) is 38.8 Å². The zero-order valence-electron chi connectivity index (χ0n) is 14.0. The van der Waals surface area contributed by atoms with E-state index in [1.165, 1.54) is 11.3 Å². The highest BCUT2D eigenvalue weighted by Gasteiger charge is 2.32. The predicted molar refractivity (Wildman–Crippen MR) is 94.5 cm³/mol. The third-order valence-electron chi connectivity index (χ3n) is 3.97. The number of amides is 3. The van der Waals surface area contributed by atoms with Crippen molar-refractivity contribution >= 4 is 34.1 Å². The van der Waals surface area contributed by atoms with Gasteiger partial charge in [0, 0.05) is 24.5 Å². The largest absolute Gasteiger partial charge is 0.326 e. The van der Waals surface area contributed by atoms with Crippen molar-refractivity contribution < 1.29 is 9.59 Å². The Morgan fingerprint density at radius 3 is 2.79 bits per heavy atom. The third-order valence-corrected chi connectivity index (χ3v) is 4.89. The highest BCUT2D eigenvalue weighted by atomic mass is 32.1. The summed E-state index contributed by atoms with van der Waals surface area (Å²) in [5.41, 5.74) is 0.862. The molecular weight excluding hydrogens is 326 g/mol. The van der Waals surface area contributed by atoms with Crippen molar-refractivity contribution in [2.24, 2.45) is 7.05 Å². The molecule has 7 nitrogen and oxygen atoms in total. The molecule has 128 valence electrons. The highest BCUT2D eigenvalue weighted by Crippen LogP contribution is 2.23. The van der Waals surface area contributed by atoms with Gasteiger partial charge in [-0.2, -0.15) is 5.10 Å². The van der Waals surface area contributed by atoms with E-state index in [4.69, 9.17) is 0 Å². The van der Waals surface area contributed by atoms with Gasteiger partial charge in [0.1, 0.15) is 11.9 Å². The third kappa shape index (κ3) is 3.43. The van der Waals surface area contributed by atoms with E-state index in [0.717, 1.165) is 27.8 Å². The molecule has 0 aliphatic carbocycles. The normalized spacial score (nSPS) is 17.9. The Kier molecular flexibility index (Phi) is 4.57. The van der Waals surface area contributed by atoms with E-state index < -0.39 is 6.04 Å². The van der Waals surface area contributed by atoms with Crippen LogP contribution in [0.15, 0.2) is 18.2 Å². The number of thiophene rings is 1. The number of anilines is 2. The smallest absolute Gasteiger partial charge is 0.320 e. The van der Waals surface area contributed by atoms with E-state index in [1.807, 2.05) is 39.1 Å². The number of nitrogens with one attached hydrogen (secondary N) is 2. The summed E-state index contributed by atoms with van der Waals surface area (Å²) >= 11 is 1.50. The number of hydrogen-bond donors (Lipinski definition) is 2. The van der Waals surface area contributed by atoms with Gasteiger partial charge in [0.2, 0.25) is 0 Å². The first kappa shape index (κ1) is 16.5. The van der Waals surface area contributed by atoms with E-state index in [1.54, 1.807) is 9.58 Å². The van der Waals surface area contributed by atoms with Crippen molar-refractivity contribution in [3.8, 4) is 0 Å². The Bertz CT molecular complexity index is 766. The molecule has 0 aromatic carbocycles. The number of aryl methyl sites for hydroxylation is 3. The Balaban J connectivity index is 1.66. The van der Waals surface area contributed by atoms with Gasteiger partial charge in [0.25, 0.3) is 5.91 Å². The van der Waals surface area contributed by atoms with E-state index in [-0.39, 0.29) is 11.9 Å². The molecule has 0 saturated carbocycles. The lowest BCUT2D eigenvalue weighted by Crippen LogP contribution is -2.53. The fourth-order valence-electron chi connectivity index (χ4n) is 2.89. The maximum atomic E-state index is 12.7. The summed E-state index contributed by atoms with van der Waals surface area (Å²) in [6, 6.07) is 4.81. The molecule has 0 radical (unpaired) electrons. The maximum absolute atomic E-state index is 12.7. The van der Waals surface area contributed by atoms with Gasteiger partial charge in [-0.3, -0.25) is 19.7 Å². The Morgan fingerprint density at radius 1 is 1.38 bits per heavy atom. The summed E-state index contributed by atoms with van der Waals surface area (Å²) in [5.74, 6) is 0.667. The van der Waals surface area contributed by atoms with E-state index in [0.29, 0.717) is 13.0 Å². The van der Waals surface area contributed by atoms with Crippen molar-refractivity contribution in [1.82, 2.24) is 15.1 Å². The number of urea groups is 1. The zero-order chi connectivity index (χ0) is 17.3. The van der Waals surface area contributed by atoms with Gasteiger partial charge in [0.15, 0.2) is 0 Å². The van der Waals surface area contributed by atoms with E-state index in [9.17, 15) is 9.59 Å². The van der Waals surface area contributed by atoms with Crippen molar-refractivity contribution in [1.29, 1.82) is 0 Å². The molecule has 1 fully saturated rings. The number of hydrogen-bond acceptors (Lipinski definition) is 4. The van der Waals surface area contributed by atoms with E-state index in [2.05, 4.69) is 15.7 Å². The van der Waals surface area contributed by atoms with Crippen molar-refractivity contribution in [2.45, 2.75) is 32.7 Å². The number of carbonyl (C=O) groups excluding carboxylic acids is 2. The topological polar surface area (TPSA) is 79.3 Å². The van der Waals surface area contributed by atoms with Crippen LogP contribution < -0.4 is 15.5 Å². The van der Waals surface area contributed by atoms with Crippen LogP contribution in [0.3, 0.4) is 0 Å². The number of aromatic nitrogens is 2. The molecule has 1 unspecified atom stereocenters. The summed E-state index contributed by atoms with van der Waals surface area (Å²) < 4.78 is 1.70. The molecule has 3 rings (SSSR count). The first-order valence-corrected chi connectivity index (χ1v) is 8.71. The Labute approximate surface area is 144 Å². The Hall–Kier alpha value is -2.35. The molecular formula is C16H21N5O2S. The molecule has 0 spiro atoms. The molecule has 1 atom stereocenters. The summed E-state index contributed by atoms with van der Waals surface area (Å²) in [5, 5.41) is 10.6. The zero-order valence-corrected chi connectivity index (χ0v) is 14.8. The lowest BCUT2D eigenvalue weighted by atomic mass is 10.0. The predicted octanol–water partition coefficient (Wildman–Crippen LogP) is 2.42. The summed E-state index contributed by atoms with van der Waals surface area (Å²) in [6.45, 7) is 4.51. The van der Waals surface area contributed by atoms with Crippen LogP contribution in [-0.2, 0) is 11.8 Å². The number of rotatable bonds is 3. The lowest BCUT2D eigenvalue weighted by Gasteiger charge is -2.32. The standard InChI is InChI=1S/C16H21N5O2S/c1-10-9-14(20(3)19-10)21-8-4-5-12(15(21)22)17-16(23)18-13-7-6-11(2)24-13/h6-7,9,12H,4-5,8H2,1-3H3,(H2,17,18,23). The minimum Gasteiger partial charge on any atom is -0.326 e. The molecule has 24 heavy (non-hydrogen) atoms. The average Bonchev–Trinajstić information content (AvgIpc) is 3.06. The van der Waals surface area contributed by atoms with Crippen LogP contribution >= 0.6 is 11.3 Å². The van der Waals surface area contributed by atoms with Gasteiger partial charge >= 0.3 is 6.03 Å². The molecule has 8 heteroatoms. The summed E-state index contributed by atoms with van der Waals surface area (Å²) in [7, 11) is 1.82. The van der Waals surface area contributed by atoms with E-state index >= 15 is 0 Å². The monoisotopic (exact) mass is 347 g/mol. The fraction of sp³-hybridized carbons (Fsp3) is 0.438. The molecule has 3 amide bonds. The summed E-state index contributed by atoms with van der Waals surface area (Å²) in [6.07, 6.45) is 1.47. The van der Waals surface area contributed by atoms with Gasteiger partial charge in [-0.1, -0.05) is 0 Å². The fourth-order valence-corrected chi connectivity index (χ4v) is 3.66. The molecule has 1 aliphatic heterocycles. The summed E-state index contributed by atoms with van der Waals surface area (Å²) in [4.78, 5) is 27.7. The van der Waals surface area contributed by atoms with Crippen LogP contribution in [0.5, 0.6) is 0 Å². The minimum absolute atomic E-state index is 0.0956. The van der Waals surface area contributed by atoms with Gasteiger partial charge in [0.05, 0.1) is 10.7 Å². The quantitative estimate of drug-likeness (QED) is 0.895. The minimum atomic E-state index is -0.519. The van der Waals surface area contributed by atoms with Crippen LogP contribution in [0.1, 0.15) is 23.4 Å². The molecule has 2 aromatic rings. The highest BCUT2D eigenvalue weighted by molar-refractivity contribution is 7.16. The van der Waals surface area contributed by atoms with Crippen molar-refractivity contribution in [3.05, 3.63) is 28.8 Å². The van der Waals surface area contributed by atoms with Crippen LogP contribution in [-0.4, -0.2) is 34.3 Å². The number of piperidine rings is 1.